The van der Waals surface area contributed by atoms with Crippen LogP contribution in [-0.4, -0.2) is 16.6 Å². The number of nitrogens with zero attached hydrogens (tertiary/aromatic N) is 1. The van der Waals surface area contributed by atoms with Gasteiger partial charge in [0, 0.05) is 23.7 Å². The number of pyridine rings is 1. The molecule has 2 rings (SSSR count). The minimum Gasteiger partial charge on any atom is -0.383 e. The molecule has 0 spiro atoms. The van der Waals surface area contributed by atoms with Gasteiger partial charge in [-0.25, -0.2) is 0 Å². The lowest BCUT2D eigenvalue weighted by molar-refractivity contribution is 0.000115. The number of aromatic nitrogens is 1. The molecule has 0 amide bonds. The Labute approximate surface area is 101 Å². The number of nitrogens with two attached hydrogens (primary N) is 1. The van der Waals surface area contributed by atoms with Gasteiger partial charge >= 0.3 is 0 Å². The predicted octanol–water partition coefficient (Wildman–Crippen LogP) is 2.04. The highest BCUT2D eigenvalue weighted by molar-refractivity contribution is 5.82. The van der Waals surface area contributed by atoms with Gasteiger partial charge in [0.05, 0.1) is 5.52 Å². The molecule has 1 aromatic carbocycles. The van der Waals surface area contributed by atoms with E-state index in [4.69, 9.17) is 5.73 Å². The fraction of sp³-hybridized carbons (Fsp3) is 0.357. The van der Waals surface area contributed by atoms with Gasteiger partial charge in [-0.05, 0) is 12.0 Å². The summed E-state index contributed by atoms with van der Waals surface area (Å²) in [5, 5.41) is 11.7. The minimum atomic E-state index is -1.02. The molecule has 1 aromatic heterocycles. The van der Waals surface area contributed by atoms with E-state index < -0.39 is 5.60 Å². The molecule has 0 radical (unpaired) electrons. The number of fused-ring (bicyclic) bond motifs is 1. The van der Waals surface area contributed by atoms with Crippen LogP contribution in [0, 0.1) is 5.92 Å². The van der Waals surface area contributed by atoms with Crippen molar-refractivity contribution in [2.45, 2.75) is 19.4 Å². The van der Waals surface area contributed by atoms with E-state index in [9.17, 15) is 5.11 Å². The smallest absolute Gasteiger partial charge is 0.106 e. The third-order valence-corrected chi connectivity index (χ3v) is 3.37. The van der Waals surface area contributed by atoms with Crippen molar-refractivity contribution < 1.29 is 5.11 Å². The quantitative estimate of drug-likeness (QED) is 0.848. The summed E-state index contributed by atoms with van der Waals surface area (Å²) in [6, 6.07) is 9.71. The molecule has 0 saturated carbocycles. The minimum absolute atomic E-state index is 0.0418. The summed E-state index contributed by atoms with van der Waals surface area (Å²) in [5.74, 6) is 0.0418. The molecule has 90 valence electrons. The van der Waals surface area contributed by atoms with Crippen LogP contribution in [0.5, 0.6) is 0 Å². The second-order valence-electron chi connectivity index (χ2n) is 4.66. The van der Waals surface area contributed by atoms with Crippen molar-refractivity contribution in [3.05, 3.63) is 42.1 Å². The lowest BCUT2D eigenvalue weighted by Gasteiger charge is -2.31. The standard InChI is InChI=1S/C14H18N2O/c1-10(2)14(17,9-15)12-7-3-5-11-6-4-8-16-13(11)12/h3-8,10,17H,9,15H2,1-2H3. The van der Waals surface area contributed by atoms with Crippen LogP contribution in [0.4, 0.5) is 0 Å². The Morgan fingerprint density at radius 2 is 2.00 bits per heavy atom. The van der Waals surface area contributed by atoms with Crippen molar-refractivity contribution in [1.29, 1.82) is 0 Å². The topological polar surface area (TPSA) is 59.1 Å². The number of hydrogen-bond donors (Lipinski definition) is 2. The average Bonchev–Trinajstić information content (AvgIpc) is 2.37. The van der Waals surface area contributed by atoms with Crippen LogP contribution in [0.3, 0.4) is 0 Å². The average molecular weight is 230 g/mol. The van der Waals surface area contributed by atoms with Gasteiger partial charge in [0.1, 0.15) is 5.60 Å². The molecule has 0 aliphatic rings. The summed E-state index contributed by atoms with van der Waals surface area (Å²) in [5.41, 5.74) is 6.38. The SMILES string of the molecule is CC(C)C(O)(CN)c1cccc2cccnc12. The molecule has 0 aliphatic heterocycles. The Bertz CT molecular complexity index is 519. The fourth-order valence-corrected chi connectivity index (χ4v) is 2.11. The first-order valence-electron chi connectivity index (χ1n) is 5.86. The molecule has 1 unspecified atom stereocenters. The van der Waals surface area contributed by atoms with Gasteiger partial charge in [-0.15, -0.1) is 0 Å². The molecule has 2 aromatic rings. The number of hydrogen-bond acceptors (Lipinski definition) is 3. The Kier molecular flexibility index (Phi) is 3.13. The Hall–Kier alpha value is -1.45. The highest BCUT2D eigenvalue weighted by Gasteiger charge is 2.33. The van der Waals surface area contributed by atoms with Crippen LogP contribution in [0.1, 0.15) is 19.4 Å². The maximum atomic E-state index is 10.7. The molecule has 1 atom stereocenters. The van der Waals surface area contributed by atoms with Crippen molar-refractivity contribution in [3.63, 3.8) is 0 Å². The lowest BCUT2D eigenvalue weighted by Crippen LogP contribution is -2.40. The normalized spacial score (nSPS) is 15.1. The summed E-state index contributed by atoms with van der Waals surface area (Å²) in [6.45, 7) is 4.13. The van der Waals surface area contributed by atoms with E-state index in [-0.39, 0.29) is 12.5 Å². The van der Waals surface area contributed by atoms with E-state index >= 15 is 0 Å². The van der Waals surface area contributed by atoms with Crippen molar-refractivity contribution in [3.8, 4) is 0 Å². The maximum Gasteiger partial charge on any atom is 0.106 e. The Balaban J connectivity index is 2.70. The van der Waals surface area contributed by atoms with E-state index in [1.807, 2.05) is 44.2 Å². The monoisotopic (exact) mass is 230 g/mol. The van der Waals surface area contributed by atoms with E-state index in [1.165, 1.54) is 0 Å². The summed E-state index contributed by atoms with van der Waals surface area (Å²) in [7, 11) is 0. The summed E-state index contributed by atoms with van der Waals surface area (Å²) < 4.78 is 0. The van der Waals surface area contributed by atoms with Crippen molar-refractivity contribution in [2.24, 2.45) is 11.7 Å². The molecule has 3 N–H and O–H groups in total. The van der Waals surface area contributed by atoms with Gasteiger partial charge in [0.15, 0.2) is 0 Å². The second-order valence-corrected chi connectivity index (χ2v) is 4.66. The van der Waals surface area contributed by atoms with Gasteiger partial charge in [-0.3, -0.25) is 4.98 Å². The second kappa shape index (κ2) is 4.43. The molecule has 3 heteroatoms. The zero-order valence-electron chi connectivity index (χ0n) is 10.2. The predicted molar refractivity (Wildman–Crippen MR) is 69.5 cm³/mol. The zero-order chi connectivity index (χ0) is 12.5. The van der Waals surface area contributed by atoms with Gasteiger partial charge in [-0.1, -0.05) is 38.1 Å². The third-order valence-electron chi connectivity index (χ3n) is 3.37. The van der Waals surface area contributed by atoms with Crippen molar-refractivity contribution in [2.75, 3.05) is 6.54 Å². The first-order valence-corrected chi connectivity index (χ1v) is 5.86. The number of aliphatic hydroxyl groups is 1. The number of benzene rings is 1. The molecule has 0 aliphatic carbocycles. The molecule has 0 bridgehead atoms. The molecular formula is C14H18N2O. The largest absolute Gasteiger partial charge is 0.383 e. The van der Waals surface area contributed by atoms with E-state index in [1.54, 1.807) is 6.20 Å². The molecular weight excluding hydrogens is 212 g/mol. The Morgan fingerprint density at radius 1 is 1.29 bits per heavy atom. The van der Waals surface area contributed by atoms with Gasteiger partial charge in [0.2, 0.25) is 0 Å². The molecule has 1 heterocycles. The van der Waals surface area contributed by atoms with Crippen LogP contribution in [0.15, 0.2) is 36.5 Å². The van der Waals surface area contributed by atoms with Crippen LogP contribution in [-0.2, 0) is 5.60 Å². The van der Waals surface area contributed by atoms with Crippen molar-refractivity contribution >= 4 is 10.9 Å². The summed E-state index contributed by atoms with van der Waals surface area (Å²) >= 11 is 0. The highest BCUT2D eigenvalue weighted by Crippen LogP contribution is 2.32. The summed E-state index contributed by atoms with van der Waals surface area (Å²) in [6.07, 6.45) is 1.74. The van der Waals surface area contributed by atoms with Gasteiger partial charge in [0.25, 0.3) is 0 Å². The molecule has 0 saturated heterocycles. The third kappa shape index (κ3) is 1.92. The van der Waals surface area contributed by atoms with Crippen molar-refractivity contribution in [1.82, 2.24) is 4.98 Å². The highest BCUT2D eigenvalue weighted by atomic mass is 16.3. The van der Waals surface area contributed by atoms with Crippen LogP contribution < -0.4 is 5.73 Å². The van der Waals surface area contributed by atoms with E-state index in [0.717, 1.165) is 16.5 Å². The number of rotatable bonds is 3. The van der Waals surface area contributed by atoms with Crippen LogP contribution in [0.25, 0.3) is 10.9 Å². The first-order chi connectivity index (χ1) is 8.09. The molecule has 3 nitrogen and oxygen atoms in total. The first kappa shape index (κ1) is 12.0. The van der Waals surface area contributed by atoms with E-state index in [0.29, 0.717) is 0 Å². The summed E-state index contributed by atoms with van der Waals surface area (Å²) in [4.78, 5) is 4.36. The zero-order valence-corrected chi connectivity index (χ0v) is 10.2. The molecule has 17 heavy (non-hydrogen) atoms. The molecule has 0 fully saturated rings. The van der Waals surface area contributed by atoms with E-state index in [2.05, 4.69) is 4.98 Å². The van der Waals surface area contributed by atoms with Crippen LogP contribution in [0.2, 0.25) is 0 Å². The van der Waals surface area contributed by atoms with Gasteiger partial charge in [-0.2, -0.15) is 0 Å². The van der Waals surface area contributed by atoms with Crippen LogP contribution >= 0.6 is 0 Å². The number of para-hydroxylation sites is 1. The lowest BCUT2D eigenvalue weighted by atomic mass is 9.82. The van der Waals surface area contributed by atoms with Gasteiger partial charge < -0.3 is 10.8 Å². The maximum absolute atomic E-state index is 10.7. The fourth-order valence-electron chi connectivity index (χ4n) is 2.11. The Morgan fingerprint density at radius 3 is 2.65 bits per heavy atom.